The minimum Gasteiger partial charge on any atom is -0.505 e. The maximum absolute atomic E-state index is 13.1. The molecule has 1 fully saturated rings. The number of aromatic hydroxyl groups is 1. The average molecular weight is 617 g/mol. The number of carboxylic acids is 1. The van der Waals surface area contributed by atoms with E-state index in [1.54, 1.807) is 19.1 Å². The van der Waals surface area contributed by atoms with E-state index in [2.05, 4.69) is 45.9 Å². The predicted molar refractivity (Wildman–Crippen MR) is 176 cm³/mol. The lowest BCUT2D eigenvalue weighted by molar-refractivity contribution is 0.0663. The van der Waals surface area contributed by atoms with E-state index in [1.807, 2.05) is 12.1 Å². The fraction of sp³-hybridized carbons (Fsp3) is 0.412. The first kappa shape index (κ1) is 33.4. The van der Waals surface area contributed by atoms with Gasteiger partial charge in [-0.2, -0.15) is 0 Å². The molecule has 6 rings (SSSR count). The fourth-order valence-electron chi connectivity index (χ4n) is 5.26. The second-order valence-corrected chi connectivity index (χ2v) is 11.0. The lowest BCUT2D eigenvalue weighted by Gasteiger charge is -2.16. The number of aromatic carboxylic acids is 1. The summed E-state index contributed by atoms with van der Waals surface area (Å²) in [7, 11) is 0. The molecule has 0 amide bonds. The molecular formula is C34H44N6O5. The van der Waals surface area contributed by atoms with Gasteiger partial charge >= 0.3 is 5.97 Å². The van der Waals surface area contributed by atoms with Crippen molar-refractivity contribution < 1.29 is 19.4 Å². The summed E-state index contributed by atoms with van der Waals surface area (Å²) in [4.78, 5) is 24.1. The van der Waals surface area contributed by atoms with Crippen LogP contribution < -0.4 is 16.2 Å². The normalized spacial score (nSPS) is 14.2. The van der Waals surface area contributed by atoms with Crippen molar-refractivity contribution in [3.05, 3.63) is 81.5 Å². The van der Waals surface area contributed by atoms with Crippen molar-refractivity contribution in [2.45, 2.75) is 65.7 Å². The first-order valence-electron chi connectivity index (χ1n) is 15.8. The van der Waals surface area contributed by atoms with Gasteiger partial charge in [0.1, 0.15) is 11.4 Å². The molecule has 0 atom stereocenters. The number of nitrogens with one attached hydrogen (secondary N) is 3. The molecule has 3 heterocycles. The number of aromatic amines is 1. The Morgan fingerprint density at radius 2 is 1.69 bits per heavy atom. The summed E-state index contributed by atoms with van der Waals surface area (Å²) in [6, 6.07) is 13.5. The second kappa shape index (κ2) is 16.6. The monoisotopic (exact) mass is 616 g/mol. The molecule has 1 aliphatic heterocycles. The first-order valence-corrected chi connectivity index (χ1v) is 15.8. The minimum atomic E-state index is -1.21. The van der Waals surface area contributed by atoms with Crippen LogP contribution in [0.4, 0.5) is 11.4 Å². The Balaban J connectivity index is 0.000000356. The average Bonchev–Trinajstić information content (AvgIpc) is 3.67. The van der Waals surface area contributed by atoms with Crippen LogP contribution in [0.3, 0.4) is 0 Å². The van der Waals surface area contributed by atoms with Gasteiger partial charge in [-0.15, -0.1) is 10.2 Å². The number of carbonyl (C=O) groups is 1. The summed E-state index contributed by atoms with van der Waals surface area (Å²) in [5.74, 6) is -1.51. The molecule has 5 N–H and O–H groups in total. The van der Waals surface area contributed by atoms with Crippen molar-refractivity contribution in [1.29, 1.82) is 0 Å². The molecule has 0 unspecified atom stereocenters. The molecule has 0 spiro atoms. The summed E-state index contributed by atoms with van der Waals surface area (Å²) < 4.78 is 6.72. The number of hydrogen-bond acceptors (Lipinski definition) is 8. The SMILES string of the molecule is C1CCNCC1.CCNCC.Cc1[nH]n(-c2ccc3c(c2)CCCC3)c(=O)c1N=Nc1cccc(-c2ccc(C(=O)O)o2)c1O. The van der Waals surface area contributed by atoms with Crippen molar-refractivity contribution in [1.82, 2.24) is 20.4 Å². The summed E-state index contributed by atoms with van der Waals surface area (Å²) in [5, 5.41) is 37.4. The number of carboxylic acid groups (broad SMARTS) is 1. The number of aromatic nitrogens is 2. The maximum atomic E-state index is 13.1. The van der Waals surface area contributed by atoms with Gasteiger partial charge in [0.05, 0.1) is 16.9 Å². The number of furan rings is 1. The Morgan fingerprint density at radius 3 is 2.29 bits per heavy atom. The Labute approximate surface area is 263 Å². The van der Waals surface area contributed by atoms with Crippen molar-refractivity contribution in [3.8, 4) is 22.8 Å². The fourth-order valence-corrected chi connectivity index (χ4v) is 5.26. The predicted octanol–water partition coefficient (Wildman–Crippen LogP) is 6.81. The van der Waals surface area contributed by atoms with Gasteiger partial charge in [0.15, 0.2) is 11.4 Å². The highest BCUT2D eigenvalue weighted by Gasteiger charge is 2.17. The number of phenols is 1. The molecule has 0 bridgehead atoms. The topological polar surface area (TPSA) is 157 Å². The molecule has 45 heavy (non-hydrogen) atoms. The number of H-pyrrole nitrogens is 1. The summed E-state index contributed by atoms with van der Waals surface area (Å²) in [6.45, 7) is 10.6. The molecule has 1 saturated heterocycles. The third kappa shape index (κ3) is 8.80. The van der Waals surface area contributed by atoms with Crippen molar-refractivity contribution in [2.75, 3.05) is 26.2 Å². The second-order valence-electron chi connectivity index (χ2n) is 11.0. The van der Waals surface area contributed by atoms with Gasteiger partial charge in [-0.1, -0.05) is 32.4 Å². The number of aryl methyl sites for hydroxylation is 3. The van der Waals surface area contributed by atoms with Gasteiger partial charge in [0.25, 0.3) is 5.56 Å². The minimum absolute atomic E-state index is 0.117. The molecule has 2 aromatic heterocycles. The smallest absolute Gasteiger partial charge is 0.371 e. The van der Waals surface area contributed by atoms with E-state index in [1.165, 1.54) is 72.8 Å². The van der Waals surface area contributed by atoms with Gasteiger partial charge in [-0.05, 0) is 119 Å². The molecule has 11 heteroatoms. The zero-order valence-corrected chi connectivity index (χ0v) is 26.4. The van der Waals surface area contributed by atoms with E-state index in [0.29, 0.717) is 5.69 Å². The van der Waals surface area contributed by atoms with Crippen molar-refractivity contribution in [3.63, 3.8) is 0 Å². The molecule has 0 radical (unpaired) electrons. The number of piperidine rings is 1. The Kier molecular flexibility index (Phi) is 12.3. The number of para-hydroxylation sites is 1. The highest BCUT2D eigenvalue weighted by molar-refractivity contribution is 5.85. The molecule has 4 aromatic rings. The number of nitrogens with zero attached hydrogens (tertiary/aromatic N) is 3. The van der Waals surface area contributed by atoms with E-state index >= 15 is 0 Å². The Morgan fingerprint density at radius 1 is 0.956 bits per heavy atom. The quantitative estimate of drug-likeness (QED) is 0.143. The van der Waals surface area contributed by atoms with Gasteiger partial charge in [0.2, 0.25) is 5.76 Å². The van der Waals surface area contributed by atoms with Crippen LogP contribution in [-0.4, -0.2) is 52.1 Å². The lowest BCUT2D eigenvalue weighted by atomic mass is 9.91. The van der Waals surface area contributed by atoms with Gasteiger partial charge < -0.3 is 25.3 Å². The maximum Gasteiger partial charge on any atom is 0.371 e. The first-order chi connectivity index (χ1) is 21.8. The van der Waals surface area contributed by atoms with E-state index < -0.39 is 5.97 Å². The molecular weight excluding hydrogens is 572 g/mol. The standard InChI is InChI=1S/C25H22N4O5.C5H11N.C4H11N/c1-14-22(24(31)29(28-14)17-10-9-15-5-2-3-6-16(15)13-17)27-26-19-8-4-7-18(23(19)30)20-11-12-21(34-20)25(32)33;1-2-4-6-5-3-1;1-3-5-4-2/h4,7-13,28,30H,2-3,5-6H2,1H3,(H,32,33);6H,1-5H2;5H,3-4H2,1-2H3. The zero-order chi connectivity index (χ0) is 32.2. The van der Waals surface area contributed by atoms with Crippen LogP contribution in [0.1, 0.15) is 73.3 Å². The molecule has 1 aliphatic carbocycles. The number of rotatable bonds is 7. The van der Waals surface area contributed by atoms with E-state index in [0.717, 1.165) is 38.0 Å². The summed E-state index contributed by atoms with van der Waals surface area (Å²) >= 11 is 0. The van der Waals surface area contributed by atoms with Crippen molar-refractivity contribution >= 4 is 17.3 Å². The van der Waals surface area contributed by atoms with Crippen LogP contribution in [0.5, 0.6) is 5.75 Å². The van der Waals surface area contributed by atoms with E-state index in [-0.39, 0.29) is 39.8 Å². The number of azo groups is 1. The number of benzene rings is 2. The van der Waals surface area contributed by atoms with Crippen LogP contribution in [0, 0.1) is 6.92 Å². The van der Waals surface area contributed by atoms with Gasteiger partial charge in [-0.25, -0.2) is 9.48 Å². The third-order valence-corrected chi connectivity index (χ3v) is 7.69. The highest BCUT2D eigenvalue weighted by atomic mass is 16.4. The number of phenolic OH excluding ortho intramolecular Hbond substituents is 1. The Bertz CT molecular complexity index is 1630. The summed E-state index contributed by atoms with van der Waals surface area (Å²) in [6.07, 6.45) is 8.61. The van der Waals surface area contributed by atoms with Crippen LogP contribution >= 0.6 is 0 Å². The molecule has 2 aromatic carbocycles. The van der Waals surface area contributed by atoms with E-state index in [9.17, 15) is 14.7 Å². The van der Waals surface area contributed by atoms with Gasteiger partial charge in [0, 0.05) is 0 Å². The molecule has 2 aliphatic rings. The molecule has 0 saturated carbocycles. The van der Waals surface area contributed by atoms with Crippen LogP contribution in [0.2, 0.25) is 0 Å². The molecule has 240 valence electrons. The highest BCUT2D eigenvalue weighted by Crippen LogP contribution is 2.38. The largest absolute Gasteiger partial charge is 0.505 e. The third-order valence-electron chi connectivity index (χ3n) is 7.69. The van der Waals surface area contributed by atoms with Gasteiger partial charge in [-0.3, -0.25) is 9.89 Å². The molecule has 11 nitrogen and oxygen atoms in total. The lowest BCUT2D eigenvalue weighted by Crippen LogP contribution is -2.21. The van der Waals surface area contributed by atoms with Crippen molar-refractivity contribution in [2.24, 2.45) is 10.2 Å². The summed E-state index contributed by atoms with van der Waals surface area (Å²) in [5.41, 5.74) is 4.04. The van der Waals surface area contributed by atoms with E-state index in [4.69, 9.17) is 9.52 Å². The number of hydrogen-bond donors (Lipinski definition) is 5. The van der Waals surface area contributed by atoms with Crippen LogP contribution in [0.15, 0.2) is 68.0 Å². The number of fused-ring (bicyclic) bond motifs is 1. The zero-order valence-electron chi connectivity index (χ0n) is 26.4. The van der Waals surface area contributed by atoms with Crippen LogP contribution in [-0.2, 0) is 12.8 Å². The van der Waals surface area contributed by atoms with Crippen LogP contribution in [0.25, 0.3) is 17.0 Å². The Hall–Kier alpha value is -4.48.